The molecule has 1 aromatic rings. The molecule has 1 nitrogen and oxygen atoms in total. The molecule has 1 heteroatoms. The van der Waals surface area contributed by atoms with Gasteiger partial charge in [-0.15, -0.1) is 0 Å². The lowest BCUT2D eigenvalue weighted by atomic mass is 9.66. The fraction of sp³-hybridized carbons (Fsp3) is 0.647. The molecule has 4 unspecified atom stereocenters. The van der Waals surface area contributed by atoms with Crippen molar-refractivity contribution in [3.05, 3.63) is 28.8 Å². The maximum Gasteiger partial charge on any atom is 0.0319 e. The maximum atomic E-state index is 5.95. The minimum Gasteiger partial charge on any atom is -0.399 e. The first-order valence-electron chi connectivity index (χ1n) is 7.26. The molecule has 1 fully saturated rings. The molecule has 1 aromatic carbocycles. The van der Waals surface area contributed by atoms with Gasteiger partial charge in [-0.1, -0.05) is 20.8 Å². The van der Waals surface area contributed by atoms with E-state index in [2.05, 4.69) is 46.8 Å². The van der Waals surface area contributed by atoms with Gasteiger partial charge in [-0.05, 0) is 79.2 Å². The first kappa shape index (κ1) is 13.5. The summed E-state index contributed by atoms with van der Waals surface area (Å²) in [6.45, 7) is 11.7. The molecule has 4 atom stereocenters. The van der Waals surface area contributed by atoms with Crippen LogP contribution in [0.15, 0.2) is 12.1 Å². The highest BCUT2D eigenvalue weighted by atomic mass is 14.5. The number of hydrogen-bond donors (Lipinski definition) is 1. The van der Waals surface area contributed by atoms with E-state index in [4.69, 9.17) is 5.73 Å². The Morgan fingerprint density at radius 3 is 2.11 bits per heavy atom. The number of hydrogen-bond acceptors (Lipinski definition) is 1. The minimum absolute atomic E-state index is 0.712. The Bertz CT molecular complexity index is 412. The molecule has 0 amide bonds. The van der Waals surface area contributed by atoms with Gasteiger partial charge in [0.25, 0.3) is 0 Å². The minimum atomic E-state index is 0.712. The topological polar surface area (TPSA) is 26.0 Å². The molecule has 0 saturated heterocycles. The van der Waals surface area contributed by atoms with Crippen molar-refractivity contribution in [1.29, 1.82) is 0 Å². The maximum absolute atomic E-state index is 5.95. The average Bonchev–Trinajstić information content (AvgIpc) is 2.23. The Morgan fingerprint density at radius 1 is 1.00 bits per heavy atom. The summed E-state index contributed by atoms with van der Waals surface area (Å²) >= 11 is 0. The normalized spacial score (nSPS) is 32.5. The van der Waals surface area contributed by atoms with Gasteiger partial charge in [-0.25, -0.2) is 0 Å². The average molecular weight is 245 g/mol. The van der Waals surface area contributed by atoms with E-state index in [9.17, 15) is 0 Å². The zero-order chi connectivity index (χ0) is 13.4. The van der Waals surface area contributed by atoms with Crippen molar-refractivity contribution in [2.45, 2.75) is 53.4 Å². The molecule has 0 radical (unpaired) electrons. The van der Waals surface area contributed by atoms with E-state index >= 15 is 0 Å². The molecule has 18 heavy (non-hydrogen) atoms. The third-order valence-corrected chi connectivity index (χ3v) is 4.95. The van der Waals surface area contributed by atoms with Crippen LogP contribution >= 0.6 is 0 Å². The summed E-state index contributed by atoms with van der Waals surface area (Å²) < 4.78 is 0. The lowest BCUT2D eigenvalue weighted by Gasteiger charge is -2.39. The fourth-order valence-corrected chi connectivity index (χ4v) is 3.96. The highest BCUT2D eigenvalue weighted by Gasteiger charge is 2.33. The summed E-state index contributed by atoms with van der Waals surface area (Å²) in [7, 11) is 0. The van der Waals surface area contributed by atoms with Crippen LogP contribution in [0.1, 0.15) is 56.2 Å². The van der Waals surface area contributed by atoms with E-state index in [1.807, 2.05) is 0 Å². The zero-order valence-corrected chi connectivity index (χ0v) is 12.5. The second kappa shape index (κ2) is 4.95. The molecule has 0 spiro atoms. The molecular formula is C17H27N. The number of benzene rings is 1. The van der Waals surface area contributed by atoms with Crippen molar-refractivity contribution >= 4 is 5.69 Å². The lowest BCUT2D eigenvalue weighted by molar-refractivity contribution is 0.186. The summed E-state index contributed by atoms with van der Waals surface area (Å²) in [5.74, 6) is 3.17. The Kier molecular flexibility index (Phi) is 3.70. The molecule has 0 aliphatic heterocycles. The van der Waals surface area contributed by atoms with Crippen molar-refractivity contribution in [3.63, 3.8) is 0 Å². The van der Waals surface area contributed by atoms with Gasteiger partial charge in [0.05, 0.1) is 0 Å². The third-order valence-electron chi connectivity index (χ3n) is 4.95. The molecule has 2 N–H and O–H groups in total. The van der Waals surface area contributed by atoms with Crippen LogP contribution in [0, 0.1) is 31.6 Å². The van der Waals surface area contributed by atoms with Crippen LogP contribution in [0.5, 0.6) is 0 Å². The number of anilines is 1. The molecular weight excluding hydrogens is 218 g/mol. The van der Waals surface area contributed by atoms with Crippen LogP contribution in [0.25, 0.3) is 0 Å². The van der Waals surface area contributed by atoms with Gasteiger partial charge in [0.1, 0.15) is 0 Å². The van der Waals surface area contributed by atoms with Gasteiger partial charge in [0.2, 0.25) is 0 Å². The lowest BCUT2D eigenvalue weighted by Crippen LogP contribution is -2.28. The molecule has 0 aromatic heterocycles. The summed E-state index contributed by atoms with van der Waals surface area (Å²) in [5.41, 5.74) is 11.2. The Labute approximate surface area is 112 Å². The fourth-order valence-electron chi connectivity index (χ4n) is 3.96. The number of nitrogen functional groups attached to an aromatic ring is 1. The van der Waals surface area contributed by atoms with Crippen LogP contribution in [0.2, 0.25) is 0 Å². The second-order valence-electron chi connectivity index (χ2n) is 6.59. The van der Waals surface area contributed by atoms with Gasteiger partial charge < -0.3 is 5.73 Å². The standard InChI is InChI=1S/C17H27N/c1-10-6-11(2)14(5)16(7-10)17-12(3)8-15(18)9-13(17)4/h8-11,14,16H,6-7,18H2,1-5H3. The predicted octanol–water partition coefficient (Wildman–Crippen LogP) is 4.67. The Morgan fingerprint density at radius 2 is 1.56 bits per heavy atom. The summed E-state index contributed by atoms with van der Waals surface area (Å²) in [6, 6.07) is 4.28. The molecule has 1 saturated carbocycles. The van der Waals surface area contributed by atoms with Gasteiger partial charge in [-0.2, -0.15) is 0 Å². The van der Waals surface area contributed by atoms with Crippen molar-refractivity contribution < 1.29 is 0 Å². The van der Waals surface area contributed by atoms with E-state index in [0.717, 1.165) is 23.4 Å². The van der Waals surface area contributed by atoms with Crippen LogP contribution in [-0.2, 0) is 0 Å². The van der Waals surface area contributed by atoms with Crippen molar-refractivity contribution in [2.75, 3.05) is 5.73 Å². The van der Waals surface area contributed by atoms with Gasteiger partial charge in [0, 0.05) is 5.69 Å². The van der Waals surface area contributed by atoms with E-state index in [1.165, 1.54) is 24.0 Å². The second-order valence-corrected chi connectivity index (χ2v) is 6.59. The number of nitrogens with two attached hydrogens (primary N) is 1. The van der Waals surface area contributed by atoms with Gasteiger partial charge in [-0.3, -0.25) is 0 Å². The number of aryl methyl sites for hydroxylation is 2. The molecule has 1 aliphatic rings. The Hall–Kier alpha value is -0.980. The molecule has 0 heterocycles. The van der Waals surface area contributed by atoms with Crippen LogP contribution in [0.3, 0.4) is 0 Å². The SMILES string of the molecule is Cc1cc(N)cc(C)c1C1CC(C)CC(C)C1C. The first-order valence-corrected chi connectivity index (χ1v) is 7.26. The van der Waals surface area contributed by atoms with Crippen LogP contribution in [0.4, 0.5) is 5.69 Å². The summed E-state index contributed by atoms with van der Waals surface area (Å²) in [4.78, 5) is 0. The van der Waals surface area contributed by atoms with Gasteiger partial charge >= 0.3 is 0 Å². The molecule has 1 aliphatic carbocycles. The quantitative estimate of drug-likeness (QED) is 0.715. The largest absolute Gasteiger partial charge is 0.399 e. The third kappa shape index (κ3) is 2.41. The monoisotopic (exact) mass is 245 g/mol. The van der Waals surface area contributed by atoms with Gasteiger partial charge in [0.15, 0.2) is 0 Å². The first-order chi connectivity index (χ1) is 8.40. The summed E-state index contributed by atoms with van der Waals surface area (Å²) in [5, 5.41) is 0. The molecule has 2 rings (SSSR count). The van der Waals surface area contributed by atoms with Crippen LogP contribution < -0.4 is 5.73 Å². The van der Waals surface area contributed by atoms with Crippen molar-refractivity contribution in [1.82, 2.24) is 0 Å². The number of rotatable bonds is 1. The van der Waals surface area contributed by atoms with E-state index in [-0.39, 0.29) is 0 Å². The zero-order valence-electron chi connectivity index (χ0n) is 12.5. The van der Waals surface area contributed by atoms with E-state index in [0.29, 0.717) is 5.92 Å². The van der Waals surface area contributed by atoms with E-state index in [1.54, 1.807) is 5.56 Å². The Balaban J connectivity index is 2.41. The summed E-state index contributed by atoms with van der Waals surface area (Å²) in [6.07, 6.45) is 2.71. The highest BCUT2D eigenvalue weighted by Crippen LogP contribution is 2.45. The molecule has 100 valence electrons. The predicted molar refractivity (Wildman–Crippen MR) is 79.8 cm³/mol. The smallest absolute Gasteiger partial charge is 0.0319 e. The highest BCUT2D eigenvalue weighted by molar-refractivity contribution is 5.50. The van der Waals surface area contributed by atoms with Crippen molar-refractivity contribution in [3.8, 4) is 0 Å². The van der Waals surface area contributed by atoms with Crippen molar-refractivity contribution in [2.24, 2.45) is 17.8 Å². The molecule has 0 bridgehead atoms. The van der Waals surface area contributed by atoms with E-state index < -0.39 is 0 Å². The van der Waals surface area contributed by atoms with Crippen LogP contribution in [-0.4, -0.2) is 0 Å².